The van der Waals surface area contributed by atoms with E-state index < -0.39 is 12.1 Å². The monoisotopic (exact) mass is 632 g/mol. The van der Waals surface area contributed by atoms with Crippen LogP contribution in [0.2, 0.25) is 0 Å². The summed E-state index contributed by atoms with van der Waals surface area (Å²) in [5.74, 6) is 0. The van der Waals surface area contributed by atoms with Crippen LogP contribution in [0.15, 0.2) is 186 Å². The minimum atomic E-state index is -0.435. The molecule has 1 heterocycles. The van der Waals surface area contributed by atoms with Crippen LogP contribution in [0.4, 0.5) is 0 Å². The zero-order valence-electron chi connectivity index (χ0n) is 36.0. The Bertz CT molecular complexity index is 3350. The molecule has 9 aromatic carbocycles. The Kier molecular flexibility index (Phi) is 4.39. The maximum atomic E-state index is 8.83. The zero-order chi connectivity index (χ0) is 41.0. The predicted molar refractivity (Wildman–Crippen MR) is 208 cm³/mol. The molecule has 1 heteroatoms. The number of furan rings is 1. The first-order valence-corrected chi connectivity index (χ1v) is 16.0. The van der Waals surface area contributed by atoms with Crippen molar-refractivity contribution < 1.29 is 18.1 Å². The van der Waals surface area contributed by atoms with Crippen LogP contribution < -0.4 is 0 Å². The topological polar surface area (TPSA) is 13.1 Å². The molecule has 0 spiro atoms. The molecule has 10 aromatic rings. The molecule has 1 nitrogen and oxygen atoms in total. The Morgan fingerprint density at radius 2 is 0.918 bits per heavy atom. The Labute approximate surface area is 298 Å². The molecule has 0 bridgehead atoms. The first-order chi connectivity index (χ1) is 28.4. The van der Waals surface area contributed by atoms with E-state index in [-0.39, 0.29) is 59.5 Å². The minimum Gasteiger partial charge on any atom is -0.456 e. The predicted octanol–water partition coefficient (Wildman–Crippen LogP) is 13.7. The second-order valence-corrected chi connectivity index (χ2v) is 12.1. The average Bonchev–Trinajstić information content (AvgIpc) is 3.61. The molecule has 0 fully saturated rings. The van der Waals surface area contributed by atoms with E-state index >= 15 is 0 Å². The van der Waals surface area contributed by atoms with Gasteiger partial charge in [0.1, 0.15) is 11.2 Å². The molecular formula is C48H30O. The lowest BCUT2D eigenvalue weighted by Crippen LogP contribution is -1.92. The van der Waals surface area contributed by atoms with Crippen molar-refractivity contribution >= 4 is 54.3 Å². The number of benzene rings is 9. The molecule has 49 heavy (non-hydrogen) atoms. The van der Waals surface area contributed by atoms with Gasteiger partial charge in [-0.2, -0.15) is 0 Å². The summed E-state index contributed by atoms with van der Waals surface area (Å²) in [4.78, 5) is 0. The quantitative estimate of drug-likeness (QED) is 0.176. The average molecular weight is 633 g/mol. The van der Waals surface area contributed by atoms with E-state index in [1.54, 1.807) is 6.07 Å². The fourth-order valence-electron chi connectivity index (χ4n) is 7.26. The van der Waals surface area contributed by atoms with E-state index in [0.29, 0.717) is 22.3 Å². The highest BCUT2D eigenvalue weighted by Crippen LogP contribution is 2.47. The highest BCUT2D eigenvalue weighted by molar-refractivity contribution is 6.23. The summed E-state index contributed by atoms with van der Waals surface area (Å²) in [7, 11) is 0. The molecule has 0 atom stereocenters. The van der Waals surface area contributed by atoms with Crippen molar-refractivity contribution in [3.05, 3.63) is 182 Å². The molecule has 0 aliphatic rings. The number of hydrogen-bond donors (Lipinski definition) is 0. The standard InChI is InChI=1S/C48H30O/c1-3-13-31(14-4-1)33-23-24-34-30-46-44(29-36(34)27-33)43-28-35(25-26-45(43)49-46)47-39-19-9-11-21-41(39)48(42-22-12-10-20-40(42)47)38-18-8-7-17-37(38)32-15-5-2-6-16-32/h1-30H/i1D,2D,3D,4D,5D,6D,13D,14D,15D,16D. The summed E-state index contributed by atoms with van der Waals surface area (Å²) in [5.41, 5.74) is 6.33. The van der Waals surface area contributed by atoms with Crippen LogP contribution in [-0.4, -0.2) is 0 Å². The molecule has 10 rings (SSSR count). The van der Waals surface area contributed by atoms with Gasteiger partial charge in [-0.1, -0.05) is 151 Å². The molecular weight excluding hydrogens is 593 g/mol. The molecule has 0 unspecified atom stereocenters. The number of hydrogen-bond acceptors (Lipinski definition) is 1. The van der Waals surface area contributed by atoms with Gasteiger partial charge in [-0.25, -0.2) is 0 Å². The fraction of sp³-hybridized carbons (Fsp3) is 0. The second kappa shape index (κ2) is 11.1. The van der Waals surface area contributed by atoms with Crippen LogP contribution in [-0.2, 0) is 0 Å². The summed E-state index contributed by atoms with van der Waals surface area (Å²) < 4.78 is 90.6. The SMILES string of the molecule is [2H]c1c([2H])c([2H])c(-c2ccc3cc4oc5ccc(-c6c7ccccc7c(-c7ccccc7-c7c([2H])c([2H])c([2H])c([2H])c7[2H])c7ccccc67)cc5c4cc3c2)c([2H])c1[2H]. The van der Waals surface area contributed by atoms with Crippen molar-refractivity contribution in [2.75, 3.05) is 0 Å². The van der Waals surface area contributed by atoms with Gasteiger partial charge in [0.05, 0.1) is 13.7 Å². The van der Waals surface area contributed by atoms with Gasteiger partial charge in [0, 0.05) is 10.8 Å². The van der Waals surface area contributed by atoms with Crippen LogP contribution in [0.1, 0.15) is 13.7 Å². The largest absolute Gasteiger partial charge is 0.456 e. The summed E-state index contributed by atoms with van der Waals surface area (Å²) in [5, 5.41) is 7.27. The van der Waals surface area contributed by atoms with Crippen molar-refractivity contribution in [3.8, 4) is 44.5 Å². The molecule has 228 valence electrons. The van der Waals surface area contributed by atoms with E-state index in [4.69, 9.17) is 18.1 Å². The molecule has 0 saturated carbocycles. The Morgan fingerprint density at radius 3 is 1.61 bits per heavy atom. The van der Waals surface area contributed by atoms with Gasteiger partial charge in [-0.3, -0.25) is 0 Å². The van der Waals surface area contributed by atoms with Crippen LogP contribution in [0.5, 0.6) is 0 Å². The summed E-state index contributed by atoms with van der Waals surface area (Å²) in [6, 6.07) is 35.9. The molecule has 0 N–H and O–H groups in total. The Morgan fingerprint density at radius 1 is 0.347 bits per heavy atom. The highest BCUT2D eigenvalue weighted by atomic mass is 16.3. The van der Waals surface area contributed by atoms with Crippen molar-refractivity contribution in [1.29, 1.82) is 0 Å². The third-order valence-corrected chi connectivity index (χ3v) is 9.40. The van der Waals surface area contributed by atoms with Crippen molar-refractivity contribution in [2.45, 2.75) is 0 Å². The lowest BCUT2D eigenvalue weighted by molar-refractivity contribution is 0.669. The van der Waals surface area contributed by atoms with E-state index in [0.717, 1.165) is 65.3 Å². The zero-order valence-corrected chi connectivity index (χ0v) is 26.0. The Hall–Kier alpha value is -6.44. The smallest absolute Gasteiger partial charge is 0.136 e. The fourth-order valence-corrected chi connectivity index (χ4v) is 7.26. The Balaban J connectivity index is 1.20. The summed E-state index contributed by atoms with van der Waals surface area (Å²) in [6.07, 6.45) is 0. The van der Waals surface area contributed by atoms with Gasteiger partial charge in [0.15, 0.2) is 0 Å². The highest BCUT2D eigenvalue weighted by Gasteiger charge is 2.19. The third-order valence-electron chi connectivity index (χ3n) is 9.40. The van der Waals surface area contributed by atoms with E-state index in [1.165, 1.54) is 0 Å². The van der Waals surface area contributed by atoms with Crippen LogP contribution >= 0.6 is 0 Å². The van der Waals surface area contributed by atoms with Crippen LogP contribution in [0.3, 0.4) is 0 Å². The first kappa shape index (κ1) is 19.4. The minimum absolute atomic E-state index is 0.147. The van der Waals surface area contributed by atoms with E-state index in [9.17, 15) is 0 Å². The maximum absolute atomic E-state index is 8.83. The molecule has 0 radical (unpaired) electrons. The maximum Gasteiger partial charge on any atom is 0.136 e. The number of fused-ring (bicyclic) bond motifs is 6. The van der Waals surface area contributed by atoms with E-state index in [1.807, 2.05) is 78.9 Å². The van der Waals surface area contributed by atoms with Crippen LogP contribution in [0, 0.1) is 0 Å². The second-order valence-electron chi connectivity index (χ2n) is 12.1. The molecule has 0 saturated heterocycles. The lowest BCUT2D eigenvalue weighted by atomic mass is 9.83. The molecule has 1 aromatic heterocycles. The van der Waals surface area contributed by atoms with Gasteiger partial charge >= 0.3 is 0 Å². The molecule has 0 aliphatic carbocycles. The van der Waals surface area contributed by atoms with Crippen LogP contribution in [0.25, 0.3) is 98.8 Å². The van der Waals surface area contributed by atoms with Gasteiger partial charge < -0.3 is 4.42 Å². The van der Waals surface area contributed by atoms with Gasteiger partial charge in [-0.15, -0.1) is 0 Å². The summed E-state index contributed by atoms with van der Waals surface area (Å²) >= 11 is 0. The first-order valence-electron chi connectivity index (χ1n) is 21.0. The molecule has 0 amide bonds. The molecule has 0 aliphatic heterocycles. The third kappa shape index (κ3) is 4.47. The van der Waals surface area contributed by atoms with Gasteiger partial charge in [-0.05, 0) is 107 Å². The van der Waals surface area contributed by atoms with Gasteiger partial charge in [0.25, 0.3) is 0 Å². The van der Waals surface area contributed by atoms with Crippen molar-refractivity contribution in [3.63, 3.8) is 0 Å². The normalized spacial score (nSPS) is 14.5. The lowest BCUT2D eigenvalue weighted by Gasteiger charge is -2.19. The van der Waals surface area contributed by atoms with Gasteiger partial charge in [0.2, 0.25) is 0 Å². The van der Waals surface area contributed by atoms with Crippen molar-refractivity contribution in [2.24, 2.45) is 0 Å². The van der Waals surface area contributed by atoms with E-state index in [2.05, 4.69) is 36.4 Å². The summed E-state index contributed by atoms with van der Waals surface area (Å²) in [6.45, 7) is 0. The van der Waals surface area contributed by atoms with Crippen molar-refractivity contribution in [1.82, 2.24) is 0 Å². The number of rotatable bonds is 4.